The predicted octanol–water partition coefficient (Wildman–Crippen LogP) is 0.815. The summed E-state index contributed by atoms with van der Waals surface area (Å²) in [6.07, 6.45) is -1.65. The molecule has 0 bridgehead atoms. The van der Waals surface area contributed by atoms with Gasteiger partial charge in [-0.15, -0.1) is 0 Å². The van der Waals surface area contributed by atoms with E-state index in [1.165, 1.54) is 4.90 Å². The highest BCUT2D eigenvalue weighted by Crippen LogP contribution is 2.04. The lowest BCUT2D eigenvalue weighted by molar-refractivity contribution is -0.127. The minimum atomic E-state index is -2.46. The zero-order chi connectivity index (χ0) is 13.4. The molecule has 2 atom stereocenters. The molecule has 0 aliphatic carbocycles. The number of halogens is 2. The van der Waals surface area contributed by atoms with E-state index in [1.807, 2.05) is 13.8 Å². The Balaban J connectivity index is 4.37. The molecule has 1 amide bonds. The number of hydrogen-bond acceptors (Lipinski definition) is 3. The van der Waals surface area contributed by atoms with Crippen LogP contribution in [-0.4, -0.2) is 49.0 Å². The predicted molar refractivity (Wildman–Crippen MR) is 64.0 cm³/mol. The number of nitrogens with two attached hydrogens (primary N) is 1. The van der Waals surface area contributed by atoms with Crippen molar-refractivity contribution in [2.45, 2.75) is 45.7 Å². The molecule has 0 spiro atoms. The van der Waals surface area contributed by atoms with Crippen LogP contribution in [0.5, 0.6) is 0 Å². The second-order valence-corrected chi connectivity index (χ2v) is 4.17. The summed E-state index contributed by atoms with van der Waals surface area (Å²) in [7, 11) is 0. The molecule has 3 N–H and O–H groups in total. The third-order valence-electron chi connectivity index (χ3n) is 2.72. The number of alkyl halides is 2. The van der Waals surface area contributed by atoms with Gasteiger partial charge in [-0.25, -0.2) is 8.78 Å². The summed E-state index contributed by atoms with van der Waals surface area (Å²) in [4.78, 5) is 13.2. The van der Waals surface area contributed by atoms with Crippen molar-refractivity contribution in [2.75, 3.05) is 19.6 Å². The van der Waals surface area contributed by atoms with Crippen molar-refractivity contribution in [1.29, 1.82) is 0 Å². The van der Waals surface area contributed by atoms with Crippen LogP contribution in [0.4, 0.5) is 8.78 Å². The van der Waals surface area contributed by atoms with E-state index in [1.54, 1.807) is 6.92 Å². The minimum absolute atomic E-state index is 0.0521. The molecule has 6 heteroatoms. The van der Waals surface area contributed by atoms with Gasteiger partial charge in [0.05, 0.1) is 12.6 Å². The fourth-order valence-electron chi connectivity index (χ4n) is 1.42. The van der Waals surface area contributed by atoms with Gasteiger partial charge < -0.3 is 11.1 Å². The number of nitrogens with zero attached hydrogens (tertiary/aromatic N) is 1. The highest BCUT2D eigenvalue weighted by molar-refractivity contribution is 5.81. The van der Waals surface area contributed by atoms with Crippen molar-refractivity contribution in [3.8, 4) is 0 Å². The average molecular weight is 251 g/mol. The largest absolute Gasteiger partial charge is 0.352 e. The summed E-state index contributed by atoms with van der Waals surface area (Å²) in [5.74, 6) is -0.228. The topological polar surface area (TPSA) is 58.4 Å². The van der Waals surface area contributed by atoms with E-state index in [9.17, 15) is 13.6 Å². The SMILES string of the molecule is CCC(C)NC(=O)C(C)N(CCN)CC(F)F. The van der Waals surface area contributed by atoms with Gasteiger partial charge in [0.1, 0.15) is 0 Å². The number of carbonyl (C=O) groups excluding carboxylic acids is 1. The highest BCUT2D eigenvalue weighted by Gasteiger charge is 2.23. The van der Waals surface area contributed by atoms with Gasteiger partial charge in [-0.2, -0.15) is 0 Å². The first-order valence-corrected chi connectivity index (χ1v) is 5.95. The zero-order valence-corrected chi connectivity index (χ0v) is 10.7. The Kier molecular flexibility index (Phi) is 7.99. The van der Waals surface area contributed by atoms with Crippen molar-refractivity contribution >= 4 is 5.91 Å². The first kappa shape index (κ1) is 16.2. The molecule has 0 heterocycles. The quantitative estimate of drug-likeness (QED) is 0.671. The second-order valence-electron chi connectivity index (χ2n) is 4.17. The van der Waals surface area contributed by atoms with Gasteiger partial charge >= 0.3 is 0 Å². The lowest BCUT2D eigenvalue weighted by Gasteiger charge is -2.28. The summed E-state index contributed by atoms with van der Waals surface area (Å²) in [5.41, 5.74) is 5.35. The molecule has 0 saturated heterocycles. The van der Waals surface area contributed by atoms with E-state index in [-0.39, 0.29) is 18.5 Å². The van der Waals surface area contributed by atoms with Gasteiger partial charge in [0, 0.05) is 19.1 Å². The lowest BCUT2D eigenvalue weighted by atomic mass is 10.2. The van der Waals surface area contributed by atoms with Gasteiger partial charge in [-0.05, 0) is 20.3 Å². The molecule has 0 aromatic rings. The van der Waals surface area contributed by atoms with Gasteiger partial charge in [-0.3, -0.25) is 9.69 Å². The molecule has 0 aromatic heterocycles. The molecular weight excluding hydrogens is 228 g/mol. The number of amides is 1. The van der Waals surface area contributed by atoms with Gasteiger partial charge in [0.25, 0.3) is 6.43 Å². The maximum Gasteiger partial charge on any atom is 0.251 e. The molecule has 4 nitrogen and oxygen atoms in total. The van der Waals surface area contributed by atoms with Crippen molar-refractivity contribution in [3.05, 3.63) is 0 Å². The average Bonchev–Trinajstić information content (AvgIpc) is 2.26. The maximum absolute atomic E-state index is 12.3. The van der Waals surface area contributed by atoms with Crippen molar-refractivity contribution < 1.29 is 13.6 Å². The van der Waals surface area contributed by atoms with Crippen molar-refractivity contribution in [2.24, 2.45) is 5.73 Å². The summed E-state index contributed by atoms with van der Waals surface area (Å²) < 4.78 is 24.7. The summed E-state index contributed by atoms with van der Waals surface area (Å²) in [6.45, 7) is 5.58. The maximum atomic E-state index is 12.3. The van der Waals surface area contributed by atoms with Gasteiger partial charge in [0.15, 0.2) is 0 Å². The smallest absolute Gasteiger partial charge is 0.251 e. The van der Waals surface area contributed by atoms with Gasteiger partial charge in [0.2, 0.25) is 5.91 Å². The molecule has 0 rings (SSSR count). The molecule has 0 aromatic carbocycles. The first-order chi connectivity index (χ1) is 7.92. The van der Waals surface area contributed by atoms with Crippen LogP contribution in [-0.2, 0) is 4.79 Å². The second kappa shape index (κ2) is 8.36. The molecular formula is C11H23F2N3O. The molecule has 0 fully saturated rings. The molecule has 0 aliphatic rings. The van der Waals surface area contributed by atoms with Crippen LogP contribution < -0.4 is 11.1 Å². The van der Waals surface area contributed by atoms with E-state index in [4.69, 9.17) is 5.73 Å². The van der Waals surface area contributed by atoms with Crippen LogP contribution >= 0.6 is 0 Å². The molecule has 0 aliphatic heterocycles. The molecule has 2 unspecified atom stereocenters. The van der Waals surface area contributed by atoms with Crippen LogP contribution in [0, 0.1) is 0 Å². The molecule has 102 valence electrons. The summed E-state index contributed by atoms with van der Waals surface area (Å²) >= 11 is 0. The number of carbonyl (C=O) groups is 1. The number of nitrogens with one attached hydrogen (secondary N) is 1. The zero-order valence-electron chi connectivity index (χ0n) is 10.7. The lowest BCUT2D eigenvalue weighted by Crippen LogP contribution is -2.50. The summed E-state index contributed by atoms with van der Waals surface area (Å²) in [5, 5.41) is 2.78. The summed E-state index contributed by atoms with van der Waals surface area (Å²) in [6, 6.07) is -0.530. The number of hydrogen-bond donors (Lipinski definition) is 2. The number of rotatable bonds is 8. The van der Waals surface area contributed by atoms with Crippen molar-refractivity contribution in [1.82, 2.24) is 10.2 Å². The molecule has 17 heavy (non-hydrogen) atoms. The minimum Gasteiger partial charge on any atom is -0.352 e. The van der Waals surface area contributed by atoms with Crippen molar-refractivity contribution in [3.63, 3.8) is 0 Å². The molecule has 0 saturated carbocycles. The van der Waals surface area contributed by atoms with Crippen LogP contribution in [0.1, 0.15) is 27.2 Å². The monoisotopic (exact) mass is 251 g/mol. The van der Waals surface area contributed by atoms with Gasteiger partial charge in [-0.1, -0.05) is 6.92 Å². The third kappa shape index (κ3) is 6.53. The Morgan fingerprint density at radius 1 is 1.41 bits per heavy atom. The van der Waals surface area contributed by atoms with E-state index in [2.05, 4.69) is 5.32 Å². The Morgan fingerprint density at radius 3 is 2.41 bits per heavy atom. The Bertz CT molecular complexity index is 227. The van der Waals surface area contributed by atoms with E-state index in [0.29, 0.717) is 6.54 Å². The standard InChI is InChI=1S/C11H23F2N3O/c1-4-8(2)15-11(17)9(3)16(6-5-14)7-10(12)13/h8-10H,4-7,14H2,1-3H3,(H,15,17). The Morgan fingerprint density at radius 2 is 2.00 bits per heavy atom. The highest BCUT2D eigenvalue weighted by atomic mass is 19.3. The van der Waals surface area contributed by atoms with E-state index in [0.717, 1.165) is 6.42 Å². The van der Waals surface area contributed by atoms with Crippen LogP contribution in [0.3, 0.4) is 0 Å². The van der Waals surface area contributed by atoms with Crippen LogP contribution in [0.15, 0.2) is 0 Å². The normalized spacial score (nSPS) is 15.1. The fraction of sp³-hybridized carbons (Fsp3) is 0.909. The van der Waals surface area contributed by atoms with Crippen LogP contribution in [0.2, 0.25) is 0 Å². The van der Waals surface area contributed by atoms with Crippen LogP contribution in [0.25, 0.3) is 0 Å². The third-order valence-corrected chi connectivity index (χ3v) is 2.72. The molecule has 0 radical (unpaired) electrons. The first-order valence-electron chi connectivity index (χ1n) is 5.95. The Labute approximate surface area is 102 Å². The Hall–Kier alpha value is -0.750. The fourth-order valence-corrected chi connectivity index (χ4v) is 1.42. The van der Waals surface area contributed by atoms with E-state index < -0.39 is 19.0 Å². The van der Waals surface area contributed by atoms with E-state index >= 15 is 0 Å².